The zero-order valence-corrected chi connectivity index (χ0v) is 8.87. The molecule has 0 spiro atoms. The van der Waals surface area contributed by atoms with Crippen molar-refractivity contribution in [2.45, 2.75) is 19.4 Å². The summed E-state index contributed by atoms with van der Waals surface area (Å²) < 4.78 is 31.5. The van der Waals surface area contributed by atoms with Gasteiger partial charge in [0.05, 0.1) is 18.3 Å². The Morgan fingerprint density at radius 1 is 1.44 bits per heavy atom. The van der Waals surface area contributed by atoms with Gasteiger partial charge in [-0.1, -0.05) is 0 Å². The van der Waals surface area contributed by atoms with E-state index >= 15 is 0 Å². The molecule has 0 N–H and O–H groups in total. The lowest BCUT2D eigenvalue weighted by Gasteiger charge is -2.07. The second-order valence-electron chi connectivity index (χ2n) is 4.06. The molecule has 1 aromatic rings. The monoisotopic (exact) mass is 226 g/mol. The van der Waals surface area contributed by atoms with Crippen LogP contribution in [0.15, 0.2) is 18.2 Å². The number of ether oxygens (including phenoxy) is 1. The Morgan fingerprint density at radius 2 is 2.19 bits per heavy atom. The molecule has 0 aromatic heterocycles. The average molecular weight is 226 g/mol. The van der Waals surface area contributed by atoms with Crippen molar-refractivity contribution in [3.05, 3.63) is 35.4 Å². The minimum atomic E-state index is -0.675. The highest BCUT2D eigenvalue weighted by atomic mass is 19.1. The van der Waals surface area contributed by atoms with Gasteiger partial charge >= 0.3 is 0 Å². The summed E-state index contributed by atoms with van der Waals surface area (Å²) in [5.74, 6) is -2.00. The summed E-state index contributed by atoms with van der Waals surface area (Å²) in [6.07, 6.45) is 0.569. The van der Waals surface area contributed by atoms with Gasteiger partial charge in [0, 0.05) is 5.92 Å². The Balaban J connectivity index is 2.23. The van der Waals surface area contributed by atoms with Gasteiger partial charge in [0.2, 0.25) is 0 Å². The second kappa shape index (κ2) is 4.29. The van der Waals surface area contributed by atoms with Crippen LogP contribution in [0.4, 0.5) is 8.78 Å². The maximum absolute atomic E-state index is 13.3. The van der Waals surface area contributed by atoms with Gasteiger partial charge in [0.1, 0.15) is 11.6 Å². The molecule has 2 atom stereocenters. The van der Waals surface area contributed by atoms with Gasteiger partial charge in [-0.15, -0.1) is 0 Å². The van der Waals surface area contributed by atoms with Crippen molar-refractivity contribution < 1.29 is 18.3 Å². The van der Waals surface area contributed by atoms with E-state index in [-0.39, 0.29) is 30.0 Å². The number of rotatable bonds is 2. The van der Waals surface area contributed by atoms with E-state index in [0.29, 0.717) is 6.42 Å². The molecule has 0 saturated carbocycles. The second-order valence-corrected chi connectivity index (χ2v) is 4.06. The maximum Gasteiger partial charge on any atom is 0.171 e. The van der Waals surface area contributed by atoms with Crippen molar-refractivity contribution in [2.24, 2.45) is 5.92 Å². The minimum absolute atomic E-state index is 0.00516. The number of carbonyl (C=O) groups excluding carboxylic acids is 1. The predicted octanol–water partition coefficient (Wildman–Crippen LogP) is 2.57. The van der Waals surface area contributed by atoms with Gasteiger partial charge in [-0.05, 0) is 31.5 Å². The van der Waals surface area contributed by atoms with Gasteiger partial charge in [0.25, 0.3) is 0 Å². The highest BCUT2D eigenvalue weighted by Gasteiger charge is 2.30. The SMILES string of the molecule is CC1CC(C(=O)c2cc(F)ccc2F)CO1. The third kappa shape index (κ3) is 2.11. The Labute approximate surface area is 92.2 Å². The van der Waals surface area contributed by atoms with E-state index in [4.69, 9.17) is 4.74 Å². The number of ketones is 1. The largest absolute Gasteiger partial charge is 0.378 e. The predicted molar refractivity (Wildman–Crippen MR) is 54.2 cm³/mol. The van der Waals surface area contributed by atoms with Crippen LogP contribution in [0, 0.1) is 17.6 Å². The lowest BCUT2D eigenvalue weighted by Crippen LogP contribution is -2.16. The molecule has 2 rings (SSSR count). The lowest BCUT2D eigenvalue weighted by molar-refractivity contribution is 0.0873. The van der Waals surface area contributed by atoms with Crippen molar-refractivity contribution >= 4 is 5.78 Å². The Hall–Kier alpha value is -1.29. The summed E-state index contributed by atoms with van der Waals surface area (Å²) in [5, 5.41) is 0. The van der Waals surface area contributed by atoms with Gasteiger partial charge in [-0.3, -0.25) is 4.79 Å². The molecule has 0 aliphatic carbocycles. The van der Waals surface area contributed by atoms with E-state index < -0.39 is 11.6 Å². The van der Waals surface area contributed by atoms with Crippen LogP contribution in [-0.2, 0) is 4.74 Å². The Bertz CT molecular complexity index is 417. The lowest BCUT2D eigenvalue weighted by atomic mass is 9.95. The molecular formula is C12H12F2O2. The summed E-state index contributed by atoms with van der Waals surface area (Å²) in [6, 6.07) is 2.92. The zero-order valence-electron chi connectivity index (χ0n) is 8.87. The summed E-state index contributed by atoms with van der Waals surface area (Å²) in [4.78, 5) is 11.9. The van der Waals surface area contributed by atoms with E-state index in [1.165, 1.54) is 0 Å². The number of halogens is 2. The quantitative estimate of drug-likeness (QED) is 0.724. The van der Waals surface area contributed by atoms with Crippen molar-refractivity contribution in [3.63, 3.8) is 0 Å². The van der Waals surface area contributed by atoms with Crippen LogP contribution in [0.3, 0.4) is 0 Å². The first-order valence-corrected chi connectivity index (χ1v) is 5.19. The first-order valence-electron chi connectivity index (χ1n) is 5.19. The average Bonchev–Trinajstić information content (AvgIpc) is 2.67. The van der Waals surface area contributed by atoms with E-state index in [9.17, 15) is 13.6 Å². The molecule has 0 radical (unpaired) electrons. The molecule has 2 nitrogen and oxygen atoms in total. The minimum Gasteiger partial charge on any atom is -0.378 e. The first kappa shape index (κ1) is 11.2. The number of hydrogen-bond donors (Lipinski definition) is 0. The molecule has 1 fully saturated rings. The highest BCUT2D eigenvalue weighted by Crippen LogP contribution is 2.24. The van der Waals surface area contributed by atoms with Crippen LogP contribution in [-0.4, -0.2) is 18.5 Å². The van der Waals surface area contributed by atoms with Crippen LogP contribution in [0.5, 0.6) is 0 Å². The molecule has 2 unspecified atom stereocenters. The highest BCUT2D eigenvalue weighted by molar-refractivity contribution is 5.98. The zero-order chi connectivity index (χ0) is 11.7. The van der Waals surface area contributed by atoms with Gasteiger partial charge in [0.15, 0.2) is 5.78 Å². The van der Waals surface area contributed by atoms with Crippen molar-refractivity contribution in [2.75, 3.05) is 6.61 Å². The molecular weight excluding hydrogens is 214 g/mol. The summed E-state index contributed by atoms with van der Waals surface area (Å²) in [7, 11) is 0. The van der Waals surface area contributed by atoms with Gasteiger partial charge in [-0.2, -0.15) is 0 Å². The molecule has 86 valence electrons. The standard InChI is InChI=1S/C12H12F2O2/c1-7-4-8(6-16-7)12(15)10-5-9(13)2-3-11(10)14/h2-3,5,7-8H,4,6H2,1H3. The molecule has 1 aliphatic heterocycles. The molecule has 1 heterocycles. The molecule has 0 amide bonds. The van der Waals surface area contributed by atoms with Crippen LogP contribution < -0.4 is 0 Å². The fraction of sp³-hybridized carbons (Fsp3) is 0.417. The normalized spacial score (nSPS) is 24.7. The molecule has 1 saturated heterocycles. The first-order chi connectivity index (χ1) is 7.58. The summed E-state index contributed by atoms with van der Waals surface area (Å²) in [5.41, 5.74) is -0.178. The Kier molecular flexibility index (Phi) is 3.01. The third-order valence-corrected chi connectivity index (χ3v) is 2.76. The molecule has 1 aliphatic rings. The van der Waals surface area contributed by atoms with Crippen molar-refractivity contribution in [3.8, 4) is 0 Å². The van der Waals surface area contributed by atoms with Crippen LogP contribution >= 0.6 is 0 Å². The maximum atomic E-state index is 13.3. The van der Waals surface area contributed by atoms with Crippen LogP contribution in [0.25, 0.3) is 0 Å². The van der Waals surface area contributed by atoms with Crippen molar-refractivity contribution in [1.29, 1.82) is 0 Å². The van der Waals surface area contributed by atoms with Crippen molar-refractivity contribution in [1.82, 2.24) is 0 Å². The fourth-order valence-electron chi connectivity index (χ4n) is 1.91. The number of Topliss-reactive ketones (excluding diaryl/α,β-unsaturated/α-hetero) is 1. The smallest absolute Gasteiger partial charge is 0.171 e. The van der Waals surface area contributed by atoms with E-state index in [1.807, 2.05) is 6.92 Å². The van der Waals surface area contributed by atoms with Crippen LogP contribution in [0.1, 0.15) is 23.7 Å². The van der Waals surface area contributed by atoms with E-state index in [0.717, 1.165) is 18.2 Å². The third-order valence-electron chi connectivity index (χ3n) is 2.76. The number of hydrogen-bond acceptors (Lipinski definition) is 2. The number of carbonyl (C=O) groups is 1. The molecule has 16 heavy (non-hydrogen) atoms. The van der Waals surface area contributed by atoms with E-state index in [2.05, 4.69) is 0 Å². The number of benzene rings is 1. The molecule has 1 aromatic carbocycles. The summed E-state index contributed by atoms with van der Waals surface area (Å²) >= 11 is 0. The van der Waals surface area contributed by atoms with Gasteiger partial charge < -0.3 is 4.74 Å². The van der Waals surface area contributed by atoms with E-state index in [1.54, 1.807) is 0 Å². The topological polar surface area (TPSA) is 26.3 Å². The molecule has 0 bridgehead atoms. The van der Waals surface area contributed by atoms with Gasteiger partial charge in [-0.25, -0.2) is 8.78 Å². The summed E-state index contributed by atoms with van der Waals surface area (Å²) in [6.45, 7) is 2.14. The fourth-order valence-corrected chi connectivity index (χ4v) is 1.91. The Morgan fingerprint density at radius 3 is 2.81 bits per heavy atom. The van der Waals surface area contributed by atoms with Crippen LogP contribution in [0.2, 0.25) is 0 Å². The molecule has 4 heteroatoms.